The molecule has 2 heteroatoms. The standard InChI is InChI=1S/C25H33NO/c27-24-14-8-13-22(19-24)25-15-6-4-12-23(25)20-26(18-16-25)17-7-5-11-21-9-2-1-3-10-21/h1-3,8-10,13-14,19,23,27H,4-7,11-12,15-18,20H2. The average molecular weight is 364 g/mol. The van der Waals surface area contributed by atoms with Crippen LogP contribution >= 0.6 is 0 Å². The van der Waals surface area contributed by atoms with Gasteiger partial charge < -0.3 is 10.0 Å². The average Bonchev–Trinajstić information content (AvgIpc) is 2.72. The van der Waals surface area contributed by atoms with Crippen LogP contribution in [0.4, 0.5) is 0 Å². The number of hydrogen-bond donors (Lipinski definition) is 1. The molecule has 2 nitrogen and oxygen atoms in total. The van der Waals surface area contributed by atoms with Crippen molar-refractivity contribution in [2.75, 3.05) is 19.6 Å². The molecule has 1 aliphatic heterocycles. The van der Waals surface area contributed by atoms with Crippen LogP contribution in [0.5, 0.6) is 5.75 Å². The Morgan fingerprint density at radius 3 is 2.70 bits per heavy atom. The predicted octanol–water partition coefficient (Wildman–Crippen LogP) is 5.55. The predicted molar refractivity (Wildman–Crippen MR) is 112 cm³/mol. The van der Waals surface area contributed by atoms with Gasteiger partial charge in [0.2, 0.25) is 0 Å². The molecule has 0 radical (unpaired) electrons. The number of nitrogens with zero attached hydrogens (tertiary/aromatic N) is 1. The quantitative estimate of drug-likeness (QED) is 0.680. The summed E-state index contributed by atoms with van der Waals surface area (Å²) in [6.07, 6.45) is 10.4. The Morgan fingerprint density at radius 1 is 0.963 bits per heavy atom. The SMILES string of the molecule is Oc1cccc(C23CCCCC2CN(CCCCc2ccccc2)CC3)c1. The molecule has 27 heavy (non-hydrogen) atoms. The highest BCUT2D eigenvalue weighted by molar-refractivity contribution is 5.35. The van der Waals surface area contributed by atoms with Gasteiger partial charge in [-0.15, -0.1) is 0 Å². The molecule has 1 saturated heterocycles. The summed E-state index contributed by atoms with van der Waals surface area (Å²) < 4.78 is 0. The van der Waals surface area contributed by atoms with E-state index in [-0.39, 0.29) is 0 Å². The van der Waals surface area contributed by atoms with Gasteiger partial charge in [-0.25, -0.2) is 0 Å². The number of rotatable bonds is 6. The summed E-state index contributed by atoms with van der Waals surface area (Å²) in [5, 5.41) is 10.0. The fourth-order valence-corrected chi connectivity index (χ4v) is 5.52. The Balaban J connectivity index is 1.34. The minimum absolute atomic E-state index is 0.303. The second kappa shape index (κ2) is 8.48. The van der Waals surface area contributed by atoms with Crippen molar-refractivity contribution in [1.29, 1.82) is 0 Å². The third-order valence-electron chi connectivity index (χ3n) is 7.01. The summed E-state index contributed by atoms with van der Waals surface area (Å²) in [7, 11) is 0. The maximum absolute atomic E-state index is 10.0. The third kappa shape index (κ3) is 4.21. The molecule has 1 aliphatic carbocycles. The van der Waals surface area contributed by atoms with Crippen LogP contribution in [0.3, 0.4) is 0 Å². The van der Waals surface area contributed by atoms with Crippen molar-refractivity contribution >= 4 is 0 Å². The first-order valence-electron chi connectivity index (χ1n) is 10.8. The van der Waals surface area contributed by atoms with Crippen LogP contribution in [0.1, 0.15) is 56.1 Å². The van der Waals surface area contributed by atoms with E-state index in [1.165, 1.54) is 82.1 Å². The van der Waals surface area contributed by atoms with Gasteiger partial charge in [0.15, 0.2) is 0 Å². The largest absolute Gasteiger partial charge is 0.508 e. The normalized spacial score (nSPS) is 25.9. The molecule has 2 atom stereocenters. The second-order valence-corrected chi connectivity index (χ2v) is 8.64. The first kappa shape index (κ1) is 18.6. The molecule has 1 N–H and O–H groups in total. The van der Waals surface area contributed by atoms with E-state index in [0.717, 1.165) is 5.92 Å². The van der Waals surface area contributed by atoms with Gasteiger partial charge in [0.25, 0.3) is 0 Å². The van der Waals surface area contributed by atoms with E-state index in [1.807, 2.05) is 12.1 Å². The number of likely N-dealkylation sites (tertiary alicyclic amines) is 1. The topological polar surface area (TPSA) is 23.5 Å². The monoisotopic (exact) mass is 363 g/mol. The summed E-state index contributed by atoms with van der Waals surface area (Å²) in [4.78, 5) is 2.71. The molecule has 144 valence electrons. The molecular formula is C25H33NO. The zero-order chi connectivity index (χ0) is 18.5. The third-order valence-corrected chi connectivity index (χ3v) is 7.01. The van der Waals surface area contributed by atoms with Crippen LogP contribution in [0.2, 0.25) is 0 Å². The van der Waals surface area contributed by atoms with Crippen LogP contribution in [0.15, 0.2) is 54.6 Å². The number of aryl methyl sites for hydroxylation is 1. The molecule has 2 aromatic carbocycles. The van der Waals surface area contributed by atoms with E-state index >= 15 is 0 Å². The first-order chi connectivity index (χ1) is 13.3. The molecule has 0 aromatic heterocycles. The van der Waals surface area contributed by atoms with Gasteiger partial charge >= 0.3 is 0 Å². The van der Waals surface area contributed by atoms with Gasteiger partial charge in [-0.05, 0) is 80.8 Å². The van der Waals surface area contributed by atoms with Gasteiger partial charge in [0.1, 0.15) is 5.75 Å². The van der Waals surface area contributed by atoms with Gasteiger partial charge in [-0.3, -0.25) is 0 Å². The summed E-state index contributed by atoms with van der Waals surface area (Å²) >= 11 is 0. The Morgan fingerprint density at radius 2 is 1.85 bits per heavy atom. The van der Waals surface area contributed by atoms with Gasteiger partial charge in [-0.1, -0.05) is 55.3 Å². The number of hydrogen-bond acceptors (Lipinski definition) is 2. The maximum Gasteiger partial charge on any atom is 0.115 e. The smallest absolute Gasteiger partial charge is 0.115 e. The van der Waals surface area contributed by atoms with Crippen LogP contribution < -0.4 is 0 Å². The lowest BCUT2D eigenvalue weighted by molar-refractivity contribution is 0.0553. The van der Waals surface area contributed by atoms with Crippen LogP contribution in [-0.4, -0.2) is 29.6 Å². The molecule has 0 amide bonds. The van der Waals surface area contributed by atoms with Crippen molar-refractivity contribution in [3.63, 3.8) is 0 Å². The van der Waals surface area contributed by atoms with Crippen LogP contribution in [0.25, 0.3) is 0 Å². The van der Waals surface area contributed by atoms with Crippen molar-refractivity contribution in [2.24, 2.45) is 5.92 Å². The summed E-state index contributed by atoms with van der Waals surface area (Å²) in [6, 6.07) is 19.0. The van der Waals surface area contributed by atoms with Crippen molar-refractivity contribution in [3.8, 4) is 5.75 Å². The van der Waals surface area contributed by atoms with Crippen molar-refractivity contribution in [3.05, 3.63) is 65.7 Å². The number of phenolic OH excluding ortho intramolecular Hbond substituents is 1. The number of unbranched alkanes of at least 4 members (excludes halogenated alkanes) is 1. The lowest BCUT2D eigenvalue weighted by Crippen LogP contribution is -2.51. The molecule has 0 spiro atoms. The number of piperidine rings is 1. The van der Waals surface area contributed by atoms with Gasteiger partial charge in [0, 0.05) is 12.0 Å². The van der Waals surface area contributed by atoms with E-state index in [1.54, 1.807) is 6.07 Å². The Bertz CT molecular complexity index is 728. The molecule has 4 rings (SSSR count). The molecule has 2 aromatic rings. The minimum Gasteiger partial charge on any atom is -0.508 e. The molecule has 1 heterocycles. The lowest BCUT2D eigenvalue weighted by atomic mass is 9.59. The fourth-order valence-electron chi connectivity index (χ4n) is 5.52. The highest BCUT2D eigenvalue weighted by Crippen LogP contribution is 2.49. The van der Waals surface area contributed by atoms with Crippen molar-refractivity contribution in [1.82, 2.24) is 4.90 Å². The maximum atomic E-state index is 10.0. The van der Waals surface area contributed by atoms with Gasteiger partial charge in [0.05, 0.1) is 0 Å². The lowest BCUT2D eigenvalue weighted by Gasteiger charge is -2.51. The molecule has 0 bridgehead atoms. The highest BCUT2D eigenvalue weighted by atomic mass is 16.3. The minimum atomic E-state index is 0.303. The Hall–Kier alpha value is -1.80. The number of fused-ring (bicyclic) bond motifs is 1. The Labute approximate surface area is 164 Å². The molecular weight excluding hydrogens is 330 g/mol. The van der Waals surface area contributed by atoms with Crippen LogP contribution in [-0.2, 0) is 11.8 Å². The zero-order valence-corrected chi connectivity index (χ0v) is 16.4. The van der Waals surface area contributed by atoms with Crippen LogP contribution in [0, 0.1) is 5.92 Å². The number of aromatic hydroxyl groups is 1. The van der Waals surface area contributed by atoms with E-state index in [0.29, 0.717) is 11.2 Å². The van der Waals surface area contributed by atoms with Crippen molar-refractivity contribution < 1.29 is 5.11 Å². The second-order valence-electron chi connectivity index (χ2n) is 8.64. The van der Waals surface area contributed by atoms with E-state index < -0.39 is 0 Å². The summed E-state index contributed by atoms with van der Waals surface area (Å²) in [6.45, 7) is 3.68. The zero-order valence-electron chi connectivity index (χ0n) is 16.4. The molecule has 2 fully saturated rings. The van der Waals surface area contributed by atoms with Gasteiger partial charge in [-0.2, -0.15) is 0 Å². The van der Waals surface area contributed by atoms with E-state index in [4.69, 9.17) is 0 Å². The highest BCUT2D eigenvalue weighted by Gasteiger charge is 2.45. The number of benzene rings is 2. The molecule has 1 saturated carbocycles. The summed E-state index contributed by atoms with van der Waals surface area (Å²) in [5.74, 6) is 1.17. The Kier molecular flexibility index (Phi) is 5.83. The van der Waals surface area contributed by atoms with E-state index in [2.05, 4.69) is 41.3 Å². The molecule has 2 aliphatic rings. The molecule has 2 unspecified atom stereocenters. The first-order valence-corrected chi connectivity index (χ1v) is 10.8. The van der Waals surface area contributed by atoms with E-state index in [9.17, 15) is 5.11 Å². The summed E-state index contributed by atoms with van der Waals surface area (Å²) in [5.41, 5.74) is 3.15. The van der Waals surface area contributed by atoms with Crippen molar-refractivity contribution in [2.45, 2.75) is 56.8 Å². The number of phenols is 1. The fraction of sp³-hybridized carbons (Fsp3) is 0.520.